The van der Waals surface area contributed by atoms with E-state index in [2.05, 4.69) is 0 Å². The molecular formula is C4H6Cl2N2S. The molecule has 0 amide bonds. The van der Waals surface area contributed by atoms with Crippen LogP contribution >= 0.6 is 35.0 Å². The van der Waals surface area contributed by atoms with E-state index in [9.17, 15) is 0 Å². The number of hydrogen-bond acceptors (Lipinski definition) is 2. The van der Waals surface area contributed by atoms with Crippen molar-refractivity contribution < 1.29 is 0 Å². The molecule has 0 atom stereocenters. The fourth-order valence-corrected chi connectivity index (χ4v) is 0.961. The molecule has 0 heterocycles. The number of hydrogen-bond donors (Lipinski definition) is 2. The zero-order valence-corrected chi connectivity index (χ0v) is 6.85. The van der Waals surface area contributed by atoms with Gasteiger partial charge in [0, 0.05) is 5.75 Å². The van der Waals surface area contributed by atoms with Crippen LogP contribution in [0.2, 0.25) is 0 Å². The summed E-state index contributed by atoms with van der Waals surface area (Å²) in [5.74, 6) is 0.553. The molecule has 0 spiro atoms. The van der Waals surface area contributed by atoms with E-state index in [1.54, 1.807) is 6.08 Å². The van der Waals surface area contributed by atoms with Crippen LogP contribution in [0.25, 0.3) is 0 Å². The minimum atomic E-state index is 0.0702. The van der Waals surface area contributed by atoms with Gasteiger partial charge in [0.1, 0.15) is 4.49 Å². The first kappa shape index (κ1) is 9.14. The monoisotopic (exact) mass is 184 g/mol. The molecule has 2 nitrogen and oxygen atoms in total. The van der Waals surface area contributed by atoms with Crippen molar-refractivity contribution in [1.82, 2.24) is 0 Å². The SMILES string of the molecule is N=C(N)SCC=C(Cl)Cl. The highest BCUT2D eigenvalue weighted by Gasteiger charge is 1.87. The lowest BCUT2D eigenvalue weighted by Crippen LogP contribution is -2.03. The summed E-state index contributed by atoms with van der Waals surface area (Å²) in [5.41, 5.74) is 5.01. The summed E-state index contributed by atoms with van der Waals surface area (Å²) >= 11 is 11.7. The highest BCUT2D eigenvalue weighted by atomic mass is 35.5. The highest BCUT2D eigenvalue weighted by molar-refractivity contribution is 8.13. The lowest BCUT2D eigenvalue weighted by molar-refractivity contribution is 1.50. The summed E-state index contributed by atoms with van der Waals surface area (Å²) in [4.78, 5) is 0. The van der Waals surface area contributed by atoms with Gasteiger partial charge in [-0.15, -0.1) is 0 Å². The summed E-state index contributed by atoms with van der Waals surface area (Å²) in [6.07, 6.45) is 1.58. The fourth-order valence-electron chi connectivity index (χ4n) is 0.194. The van der Waals surface area contributed by atoms with E-state index in [-0.39, 0.29) is 9.66 Å². The molecule has 0 saturated carbocycles. The Morgan fingerprint density at radius 3 is 2.56 bits per heavy atom. The average molecular weight is 185 g/mol. The van der Waals surface area contributed by atoms with E-state index < -0.39 is 0 Å². The van der Waals surface area contributed by atoms with Gasteiger partial charge in [-0.1, -0.05) is 35.0 Å². The molecule has 0 aromatic heterocycles. The van der Waals surface area contributed by atoms with Crippen molar-refractivity contribution >= 4 is 40.1 Å². The molecular weight excluding hydrogens is 179 g/mol. The molecule has 0 unspecified atom stereocenters. The number of thioether (sulfide) groups is 1. The number of amidine groups is 1. The zero-order valence-electron chi connectivity index (χ0n) is 4.53. The average Bonchev–Trinajstić information content (AvgIpc) is 1.63. The van der Waals surface area contributed by atoms with E-state index in [4.69, 9.17) is 34.3 Å². The fraction of sp³-hybridized carbons (Fsp3) is 0.250. The topological polar surface area (TPSA) is 49.9 Å². The molecule has 0 rings (SSSR count). The first-order valence-electron chi connectivity index (χ1n) is 2.11. The Labute approximate surface area is 67.9 Å². The second-order valence-corrected chi connectivity index (χ2v) is 3.24. The van der Waals surface area contributed by atoms with Crippen molar-refractivity contribution in [3.8, 4) is 0 Å². The first-order valence-corrected chi connectivity index (χ1v) is 3.85. The zero-order chi connectivity index (χ0) is 7.28. The first-order chi connectivity index (χ1) is 4.13. The van der Waals surface area contributed by atoms with Crippen molar-refractivity contribution in [1.29, 1.82) is 5.41 Å². The van der Waals surface area contributed by atoms with Crippen molar-refractivity contribution in [3.63, 3.8) is 0 Å². The third-order valence-electron chi connectivity index (χ3n) is 0.476. The van der Waals surface area contributed by atoms with Crippen molar-refractivity contribution in [3.05, 3.63) is 10.6 Å². The summed E-state index contributed by atoms with van der Waals surface area (Å²) in [6, 6.07) is 0. The van der Waals surface area contributed by atoms with Crippen molar-refractivity contribution in [2.24, 2.45) is 5.73 Å². The molecule has 0 aliphatic carbocycles. The van der Waals surface area contributed by atoms with E-state index in [1.165, 1.54) is 11.8 Å². The Morgan fingerprint density at radius 1 is 1.67 bits per heavy atom. The van der Waals surface area contributed by atoms with Gasteiger partial charge in [0.2, 0.25) is 0 Å². The van der Waals surface area contributed by atoms with Crippen LogP contribution in [0.5, 0.6) is 0 Å². The van der Waals surface area contributed by atoms with Gasteiger partial charge in [-0.25, -0.2) is 0 Å². The molecule has 3 N–H and O–H groups in total. The lowest BCUT2D eigenvalue weighted by Gasteiger charge is -1.89. The smallest absolute Gasteiger partial charge is 0.151 e. The van der Waals surface area contributed by atoms with E-state index in [0.717, 1.165) is 0 Å². The molecule has 5 heteroatoms. The molecule has 0 fully saturated rings. The van der Waals surface area contributed by atoms with Crippen molar-refractivity contribution in [2.75, 3.05) is 5.75 Å². The van der Waals surface area contributed by atoms with Gasteiger partial charge in [0.15, 0.2) is 5.17 Å². The maximum atomic E-state index is 6.76. The Hall–Kier alpha value is 0.140. The largest absolute Gasteiger partial charge is 0.379 e. The van der Waals surface area contributed by atoms with E-state index in [0.29, 0.717) is 5.75 Å². The van der Waals surface area contributed by atoms with Crippen LogP contribution in [-0.2, 0) is 0 Å². The molecule has 0 radical (unpaired) electrons. The predicted octanol–water partition coefficient (Wildman–Crippen LogP) is 1.93. The minimum absolute atomic E-state index is 0.0702. The number of nitrogens with one attached hydrogen (secondary N) is 1. The van der Waals surface area contributed by atoms with Gasteiger partial charge >= 0.3 is 0 Å². The van der Waals surface area contributed by atoms with Crippen LogP contribution in [0.1, 0.15) is 0 Å². The molecule has 9 heavy (non-hydrogen) atoms. The standard InChI is InChI=1S/C4H6Cl2N2S/c5-3(6)1-2-9-4(7)8/h1H,2H2,(H3,7,8). The Kier molecular flexibility index (Phi) is 5.04. The normalized spacial score (nSPS) is 8.67. The van der Waals surface area contributed by atoms with Gasteiger partial charge < -0.3 is 5.73 Å². The van der Waals surface area contributed by atoms with Crippen LogP contribution < -0.4 is 5.73 Å². The van der Waals surface area contributed by atoms with E-state index in [1.807, 2.05) is 0 Å². The molecule has 0 aliphatic rings. The highest BCUT2D eigenvalue weighted by Crippen LogP contribution is 2.08. The summed E-state index contributed by atoms with van der Waals surface area (Å²) < 4.78 is 0.212. The Balaban J connectivity index is 3.31. The number of halogens is 2. The molecule has 52 valence electrons. The summed E-state index contributed by atoms with van der Waals surface area (Å²) in [7, 11) is 0. The summed E-state index contributed by atoms with van der Waals surface area (Å²) in [6.45, 7) is 0. The minimum Gasteiger partial charge on any atom is -0.379 e. The van der Waals surface area contributed by atoms with Crippen molar-refractivity contribution in [2.45, 2.75) is 0 Å². The molecule has 0 aliphatic heterocycles. The van der Waals surface area contributed by atoms with Gasteiger partial charge in [-0.05, 0) is 6.08 Å². The quantitative estimate of drug-likeness (QED) is 0.510. The van der Waals surface area contributed by atoms with Crippen LogP contribution in [0.3, 0.4) is 0 Å². The molecule has 0 bridgehead atoms. The van der Waals surface area contributed by atoms with Crippen LogP contribution in [0.4, 0.5) is 0 Å². The maximum Gasteiger partial charge on any atom is 0.151 e. The molecule has 0 saturated heterocycles. The Morgan fingerprint density at radius 2 is 2.22 bits per heavy atom. The van der Waals surface area contributed by atoms with Gasteiger partial charge in [0.25, 0.3) is 0 Å². The van der Waals surface area contributed by atoms with E-state index >= 15 is 0 Å². The lowest BCUT2D eigenvalue weighted by atomic mass is 10.8. The van der Waals surface area contributed by atoms with Crippen LogP contribution in [0, 0.1) is 5.41 Å². The predicted molar refractivity (Wildman–Crippen MR) is 44.2 cm³/mol. The van der Waals surface area contributed by atoms with Crippen LogP contribution in [-0.4, -0.2) is 10.9 Å². The summed E-state index contributed by atoms with van der Waals surface area (Å²) in [5, 5.41) is 6.83. The third kappa shape index (κ3) is 8.14. The number of nitrogens with two attached hydrogens (primary N) is 1. The van der Waals surface area contributed by atoms with Crippen LogP contribution in [0.15, 0.2) is 10.6 Å². The Bertz CT molecular complexity index is 131. The third-order valence-corrected chi connectivity index (χ3v) is 1.43. The van der Waals surface area contributed by atoms with Gasteiger partial charge in [0.05, 0.1) is 0 Å². The second-order valence-electron chi connectivity index (χ2n) is 1.17. The van der Waals surface area contributed by atoms with Gasteiger partial charge in [-0.2, -0.15) is 0 Å². The second kappa shape index (κ2) is 4.97. The molecule has 0 aromatic carbocycles. The number of rotatable bonds is 2. The maximum absolute atomic E-state index is 6.76. The van der Waals surface area contributed by atoms with Gasteiger partial charge in [-0.3, -0.25) is 5.41 Å². The molecule has 0 aromatic rings.